The Bertz CT molecular complexity index is 497. The largest absolute Gasteiger partial charge is 0.445 e. The van der Waals surface area contributed by atoms with Gasteiger partial charge in [0.05, 0.1) is 0 Å². The Hall–Kier alpha value is -2.56. The Morgan fingerprint density at radius 1 is 1.05 bits per heavy atom. The molecule has 0 aliphatic heterocycles. The third-order valence-electron chi connectivity index (χ3n) is 2.67. The molecule has 0 radical (unpaired) electrons. The molecule has 1 aromatic carbocycles. The number of imide groups is 1. The number of unbranched alkanes of at least 4 members (excludes halogenated alkanes) is 2. The molecule has 0 aromatic heterocycles. The van der Waals surface area contributed by atoms with Crippen LogP contribution in [0.4, 0.5) is 9.59 Å². The van der Waals surface area contributed by atoms with Crippen LogP contribution in [0, 0.1) is 0 Å². The fourth-order valence-corrected chi connectivity index (χ4v) is 1.57. The summed E-state index contributed by atoms with van der Waals surface area (Å²) in [6.45, 7) is 3.85. The van der Waals surface area contributed by atoms with Crippen molar-refractivity contribution in [3.05, 3.63) is 60.7 Å². The Morgan fingerprint density at radius 3 is 2.50 bits per heavy atom. The van der Waals surface area contributed by atoms with Crippen LogP contribution in [0.1, 0.15) is 24.8 Å². The number of nitrogens with one attached hydrogen (secondary N) is 1. The molecule has 0 atom stereocenters. The van der Waals surface area contributed by atoms with Gasteiger partial charge in [0.25, 0.3) is 0 Å². The van der Waals surface area contributed by atoms with Gasteiger partial charge in [-0.1, -0.05) is 48.6 Å². The van der Waals surface area contributed by atoms with Gasteiger partial charge < -0.3 is 9.47 Å². The van der Waals surface area contributed by atoms with Gasteiger partial charge in [0.1, 0.15) is 13.2 Å². The number of hydrogen-bond donors (Lipinski definition) is 1. The van der Waals surface area contributed by atoms with Crippen molar-refractivity contribution in [2.45, 2.75) is 25.9 Å². The zero-order chi connectivity index (χ0) is 16.0. The fraction of sp³-hybridized carbons (Fsp3) is 0.294. The van der Waals surface area contributed by atoms with E-state index in [0.717, 1.165) is 24.8 Å². The first-order chi connectivity index (χ1) is 10.7. The van der Waals surface area contributed by atoms with Gasteiger partial charge in [-0.25, -0.2) is 14.9 Å². The summed E-state index contributed by atoms with van der Waals surface area (Å²) in [7, 11) is 0. The summed E-state index contributed by atoms with van der Waals surface area (Å²) in [5.74, 6) is 0. The van der Waals surface area contributed by atoms with Gasteiger partial charge >= 0.3 is 12.2 Å². The maximum absolute atomic E-state index is 11.4. The van der Waals surface area contributed by atoms with E-state index < -0.39 is 12.2 Å². The van der Waals surface area contributed by atoms with Crippen molar-refractivity contribution in [2.75, 3.05) is 6.61 Å². The van der Waals surface area contributed by atoms with E-state index in [1.807, 2.05) is 47.8 Å². The van der Waals surface area contributed by atoms with Crippen LogP contribution in [0.15, 0.2) is 55.1 Å². The van der Waals surface area contributed by atoms with Crippen LogP contribution in [0.25, 0.3) is 0 Å². The average molecular weight is 303 g/mol. The molecule has 1 aromatic rings. The monoisotopic (exact) mass is 303 g/mol. The predicted molar refractivity (Wildman–Crippen MR) is 84.3 cm³/mol. The second kappa shape index (κ2) is 11.1. The first kappa shape index (κ1) is 17.5. The van der Waals surface area contributed by atoms with Gasteiger partial charge in [-0.2, -0.15) is 0 Å². The standard InChI is InChI=1S/C17H21NO4/c1-2-3-4-5-6-10-13-21-16(19)18-17(20)22-14-15-11-8-7-9-12-15/h2,6-12H,1,3-5,13-14H2,(H,18,19,20)/b10-6+. The van der Waals surface area contributed by atoms with Crippen LogP contribution in [0.5, 0.6) is 0 Å². The molecule has 0 unspecified atom stereocenters. The number of carbonyl (C=O) groups excluding carboxylic acids is 2. The first-order valence-corrected chi connectivity index (χ1v) is 7.12. The molecule has 0 bridgehead atoms. The van der Waals surface area contributed by atoms with E-state index in [-0.39, 0.29) is 13.2 Å². The molecular weight excluding hydrogens is 282 g/mol. The molecule has 1 N–H and O–H groups in total. The summed E-state index contributed by atoms with van der Waals surface area (Å²) >= 11 is 0. The topological polar surface area (TPSA) is 64.6 Å². The highest BCUT2D eigenvalue weighted by Crippen LogP contribution is 2.00. The van der Waals surface area contributed by atoms with Gasteiger partial charge in [0.2, 0.25) is 0 Å². The van der Waals surface area contributed by atoms with Crippen LogP contribution < -0.4 is 5.32 Å². The van der Waals surface area contributed by atoms with Gasteiger partial charge in [0.15, 0.2) is 0 Å². The lowest BCUT2D eigenvalue weighted by Crippen LogP contribution is -2.31. The first-order valence-electron chi connectivity index (χ1n) is 7.12. The number of benzene rings is 1. The lowest BCUT2D eigenvalue weighted by molar-refractivity contribution is 0.125. The van der Waals surface area contributed by atoms with Crippen LogP contribution in [-0.4, -0.2) is 18.8 Å². The fourth-order valence-electron chi connectivity index (χ4n) is 1.57. The maximum Gasteiger partial charge on any atom is 0.416 e. The number of rotatable bonds is 8. The van der Waals surface area contributed by atoms with Crippen molar-refractivity contribution >= 4 is 12.2 Å². The molecule has 0 aliphatic rings. The van der Waals surface area contributed by atoms with Crippen molar-refractivity contribution in [3.8, 4) is 0 Å². The van der Waals surface area contributed by atoms with Crippen molar-refractivity contribution in [1.82, 2.24) is 5.32 Å². The molecule has 1 rings (SSSR count). The quantitative estimate of drug-likeness (QED) is 0.583. The van der Waals surface area contributed by atoms with Crippen molar-refractivity contribution in [1.29, 1.82) is 0 Å². The molecule has 0 saturated heterocycles. The smallest absolute Gasteiger partial charge is 0.416 e. The van der Waals surface area contributed by atoms with E-state index in [0.29, 0.717) is 0 Å². The Labute approximate surface area is 130 Å². The molecule has 0 spiro atoms. The minimum atomic E-state index is -0.830. The van der Waals surface area contributed by atoms with E-state index in [1.165, 1.54) is 0 Å². The second-order valence-corrected chi connectivity index (χ2v) is 4.48. The number of alkyl carbamates (subject to hydrolysis) is 2. The van der Waals surface area contributed by atoms with Crippen molar-refractivity contribution < 1.29 is 19.1 Å². The molecular formula is C17H21NO4. The van der Waals surface area contributed by atoms with Gasteiger partial charge in [0, 0.05) is 0 Å². The van der Waals surface area contributed by atoms with Gasteiger partial charge in [-0.3, -0.25) is 0 Å². The summed E-state index contributed by atoms with van der Waals surface area (Å²) in [6.07, 6.45) is 6.73. The van der Waals surface area contributed by atoms with E-state index in [1.54, 1.807) is 6.08 Å². The zero-order valence-corrected chi connectivity index (χ0v) is 12.5. The van der Waals surface area contributed by atoms with Crippen molar-refractivity contribution in [3.63, 3.8) is 0 Å². The molecule has 2 amide bonds. The second-order valence-electron chi connectivity index (χ2n) is 4.48. The number of ether oxygens (including phenoxy) is 2. The summed E-state index contributed by atoms with van der Waals surface area (Å²) in [5.41, 5.74) is 0.841. The molecule has 118 valence electrons. The molecule has 5 heteroatoms. The highest BCUT2D eigenvalue weighted by molar-refractivity contribution is 5.87. The lowest BCUT2D eigenvalue weighted by Gasteiger charge is -2.06. The molecule has 0 saturated carbocycles. The van der Waals surface area contributed by atoms with Crippen LogP contribution >= 0.6 is 0 Å². The number of hydrogen-bond acceptors (Lipinski definition) is 4. The van der Waals surface area contributed by atoms with Gasteiger partial charge in [-0.05, 0) is 24.8 Å². The lowest BCUT2D eigenvalue weighted by atomic mass is 10.2. The minimum absolute atomic E-state index is 0.100. The molecule has 22 heavy (non-hydrogen) atoms. The Balaban J connectivity index is 2.11. The average Bonchev–Trinajstić information content (AvgIpc) is 2.53. The van der Waals surface area contributed by atoms with E-state index >= 15 is 0 Å². The third kappa shape index (κ3) is 8.58. The molecule has 0 aliphatic carbocycles. The van der Waals surface area contributed by atoms with E-state index in [2.05, 4.69) is 6.58 Å². The summed E-state index contributed by atoms with van der Waals surface area (Å²) in [5, 5.41) is 1.99. The van der Waals surface area contributed by atoms with Gasteiger partial charge in [-0.15, -0.1) is 6.58 Å². The summed E-state index contributed by atoms with van der Waals surface area (Å²) in [4.78, 5) is 22.7. The predicted octanol–water partition coefficient (Wildman–Crippen LogP) is 3.96. The Kier molecular flexibility index (Phi) is 8.86. The SMILES string of the molecule is C=CCCC/C=C/COC(=O)NC(=O)OCc1ccccc1. The van der Waals surface area contributed by atoms with E-state index in [4.69, 9.17) is 9.47 Å². The molecule has 0 fully saturated rings. The van der Waals surface area contributed by atoms with E-state index in [9.17, 15) is 9.59 Å². The highest BCUT2D eigenvalue weighted by Gasteiger charge is 2.09. The normalized spacial score (nSPS) is 10.2. The van der Waals surface area contributed by atoms with Crippen LogP contribution in [0.2, 0.25) is 0 Å². The molecule has 0 heterocycles. The summed E-state index contributed by atoms with van der Waals surface area (Å²) < 4.78 is 9.71. The highest BCUT2D eigenvalue weighted by atomic mass is 16.6. The minimum Gasteiger partial charge on any atom is -0.445 e. The number of amides is 2. The zero-order valence-electron chi connectivity index (χ0n) is 12.5. The van der Waals surface area contributed by atoms with Crippen molar-refractivity contribution in [2.24, 2.45) is 0 Å². The van der Waals surface area contributed by atoms with Crippen LogP contribution in [0.3, 0.4) is 0 Å². The van der Waals surface area contributed by atoms with Crippen LogP contribution in [-0.2, 0) is 16.1 Å². The maximum atomic E-state index is 11.4. The summed E-state index contributed by atoms with van der Waals surface area (Å²) in [6, 6.07) is 9.19. The molecule has 5 nitrogen and oxygen atoms in total. The number of allylic oxidation sites excluding steroid dienone is 2. The number of carbonyl (C=O) groups is 2. The Morgan fingerprint density at radius 2 is 1.77 bits per heavy atom. The third-order valence-corrected chi connectivity index (χ3v) is 2.67.